The van der Waals surface area contributed by atoms with Gasteiger partial charge < -0.3 is 14.2 Å². The molecular formula is C39H34N2O5. The summed E-state index contributed by atoms with van der Waals surface area (Å²) in [5, 5.41) is 17.9. The Bertz CT molecular complexity index is 1710. The minimum atomic E-state index is -0.899. The summed E-state index contributed by atoms with van der Waals surface area (Å²) >= 11 is 0. The molecule has 0 aliphatic carbocycles. The molecule has 7 nitrogen and oxygen atoms in total. The lowest BCUT2D eigenvalue weighted by Gasteiger charge is -2.22. The predicted molar refractivity (Wildman–Crippen MR) is 177 cm³/mol. The van der Waals surface area contributed by atoms with Gasteiger partial charge in [-0.25, -0.2) is 4.79 Å². The fraction of sp³-hybridized carbons (Fsp3) is 0.179. The van der Waals surface area contributed by atoms with E-state index in [0.717, 1.165) is 40.8 Å². The molecule has 0 aliphatic heterocycles. The van der Waals surface area contributed by atoms with Crippen molar-refractivity contribution in [2.24, 2.45) is 0 Å². The number of benzene rings is 4. The van der Waals surface area contributed by atoms with E-state index in [1.54, 1.807) is 48.5 Å². The van der Waals surface area contributed by atoms with Crippen molar-refractivity contribution < 1.29 is 23.8 Å². The van der Waals surface area contributed by atoms with Gasteiger partial charge in [-0.3, -0.25) is 4.79 Å². The van der Waals surface area contributed by atoms with E-state index in [0.29, 0.717) is 29.7 Å². The van der Waals surface area contributed by atoms with Gasteiger partial charge in [-0.15, -0.1) is 0 Å². The zero-order valence-electron chi connectivity index (χ0n) is 25.4. The number of unbranched alkanes of at least 4 members (excludes halogenated alkanes) is 2. The van der Waals surface area contributed by atoms with Crippen molar-refractivity contribution in [2.75, 3.05) is 6.61 Å². The van der Waals surface area contributed by atoms with Crippen LogP contribution in [0.3, 0.4) is 0 Å². The molecule has 7 heteroatoms. The number of esters is 2. The minimum absolute atomic E-state index is 0.207. The van der Waals surface area contributed by atoms with Crippen LogP contribution in [0, 0.1) is 22.7 Å². The van der Waals surface area contributed by atoms with Crippen LogP contribution in [-0.2, 0) is 14.3 Å². The Kier molecular flexibility index (Phi) is 12.0. The molecule has 0 heterocycles. The van der Waals surface area contributed by atoms with Crippen molar-refractivity contribution in [2.45, 2.75) is 37.9 Å². The molecule has 0 bridgehead atoms. The first-order valence-electron chi connectivity index (χ1n) is 14.9. The fourth-order valence-electron chi connectivity index (χ4n) is 4.66. The normalized spacial score (nSPS) is 11.6. The van der Waals surface area contributed by atoms with Gasteiger partial charge in [0.05, 0.1) is 35.4 Å². The van der Waals surface area contributed by atoms with Crippen molar-refractivity contribution >= 4 is 11.9 Å². The second-order valence-corrected chi connectivity index (χ2v) is 10.4. The Labute approximate surface area is 269 Å². The van der Waals surface area contributed by atoms with Crippen LogP contribution in [0.5, 0.6) is 5.75 Å². The van der Waals surface area contributed by atoms with Gasteiger partial charge >= 0.3 is 11.9 Å². The molecule has 0 radical (unpaired) electrons. The van der Waals surface area contributed by atoms with Crippen LogP contribution in [0.4, 0.5) is 0 Å². The zero-order valence-corrected chi connectivity index (χ0v) is 25.4. The van der Waals surface area contributed by atoms with Gasteiger partial charge in [0.2, 0.25) is 0 Å². The molecule has 0 spiro atoms. The number of carbonyl (C=O) groups excluding carboxylic acids is 2. The predicted octanol–water partition coefficient (Wildman–Crippen LogP) is 8.21. The maximum atomic E-state index is 12.8. The van der Waals surface area contributed by atoms with E-state index < -0.39 is 24.1 Å². The Morgan fingerprint density at radius 1 is 0.630 bits per heavy atom. The lowest BCUT2D eigenvalue weighted by atomic mass is 10.0. The summed E-state index contributed by atoms with van der Waals surface area (Å²) in [7, 11) is 0. The summed E-state index contributed by atoms with van der Waals surface area (Å²) in [4.78, 5) is 25.4. The third-order valence-electron chi connectivity index (χ3n) is 7.26. The topological polar surface area (TPSA) is 109 Å². The highest BCUT2D eigenvalue weighted by atomic mass is 16.6. The molecule has 230 valence electrons. The molecule has 0 N–H and O–H groups in total. The molecule has 2 unspecified atom stereocenters. The summed E-state index contributed by atoms with van der Waals surface area (Å²) < 4.78 is 17.0. The smallest absolute Gasteiger partial charge is 0.338 e. The van der Waals surface area contributed by atoms with Gasteiger partial charge in [-0.1, -0.05) is 61.7 Å². The first-order chi connectivity index (χ1) is 22.4. The van der Waals surface area contributed by atoms with Gasteiger partial charge in [0, 0.05) is 6.42 Å². The Morgan fingerprint density at radius 2 is 1.09 bits per heavy atom. The first-order valence-corrected chi connectivity index (χ1v) is 14.9. The Morgan fingerprint density at radius 3 is 1.57 bits per heavy atom. The number of carbonyl (C=O) groups is 2. The van der Waals surface area contributed by atoms with E-state index in [1.807, 2.05) is 48.5 Å². The van der Waals surface area contributed by atoms with E-state index >= 15 is 0 Å². The maximum Gasteiger partial charge on any atom is 0.338 e. The lowest BCUT2D eigenvalue weighted by Crippen LogP contribution is -2.32. The molecule has 2 atom stereocenters. The maximum absolute atomic E-state index is 12.8. The second-order valence-electron chi connectivity index (χ2n) is 10.4. The van der Waals surface area contributed by atoms with Crippen molar-refractivity contribution in [3.63, 3.8) is 0 Å². The highest BCUT2D eigenvalue weighted by Gasteiger charge is 2.24. The van der Waals surface area contributed by atoms with Crippen LogP contribution in [0.2, 0.25) is 0 Å². The van der Waals surface area contributed by atoms with Gasteiger partial charge in [-0.2, -0.15) is 10.5 Å². The zero-order chi connectivity index (χ0) is 32.7. The Balaban J connectivity index is 1.16. The quantitative estimate of drug-likeness (QED) is 0.0758. The minimum Gasteiger partial charge on any atom is -0.494 e. The van der Waals surface area contributed by atoms with Gasteiger partial charge in [0.1, 0.15) is 5.75 Å². The van der Waals surface area contributed by atoms with Crippen molar-refractivity contribution in [1.29, 1.82) is 10.5 Å². The van der Waals surface area contributed by atoms with Gasteiger partial charge in [0.25, 0.3) is 0 Å². The summed E-state index contributed by atoms with van der Waals surface area (Å²) in [6.07, 6.45) is 3.43. The SMILES string of the molecule is C=CC(OC(=O)CCCCCOc1ccc(-c2ccc(C#N)cc2)cc1)C(C=C)OC(=O)c1ccc(-c2ccc(C#N)cc2)cc1. The molecule has 46 heavy (non-hydrogen) atoms. The number of hydrogen-bond acceptors (Lipinski definition) is 7. The molecule has 0 saturated carbocycles. The molecule has 4 aromatic carbocycles. The summed E-state index contributed by atoms with van der Waals surface area (Å²) in [6, 6.07) is 33.5. The van der Waals surface area contributed by atoms with Crippen LogP contribution in [0.25, 0.3) is 22.3 Å². The summed E-state index contributed by atoms with van der Waals surface area (Å²) in [5.74, 6) is -0.236. The van der Waals surface area contributed by atoms with E-state index in [2.05, 4.69) is 25.3 Å². The molecule has 0 amide bonds. The molecule has 0 aromatic heterocycles. The number of ether oxygens (including phenoxy) is 3. The van der Waals surface area contributed by atoms with E-state index in [-0.39, 0.29) is 6.42 Å². The molecule has 0 aliphatic rings. The fourth-order valence-corrected chi connectivity index (χ4v) is 4.66. The molecular weight excluding hydrogens is 576 g/mol. The Hall–Kier alpha value is -5.92. The molecule has 4 rings (SSSR count). The summed E-state index contributed by atoms with van der Waals surface area (Å²) in [6.45, 7) is 7.99. The van der Waals surface area contributed by atoms with Crippen molar-refractivity contribution in [3.8, 4) is 40.1 Å². The summed E-state index contributed by atoms with van der Waals surface area (Å²) in [5.41, 5.74) is 5.41. The average molecular weight is 611 g/mol. The average Bonchev–Trinajstić information content (AvgIpc) is 3.11. The monoisotopic (exact) mass is 610 g/mol. The number of hydrogen-bond donors (Lipinski definition) is 0. The van der Waals surface area contributed by atoms with E-state index in [1.165, 1.54) is 12.2 Å². The lowest BCUT2D eigenvalue weighted by molar-refractivity contribution is -0.150. The standard InChI is InChI=1S/C39H34N2O5/c1-3-36(37(4-2)46-39(43)34-19-17-32(18-20-34)30-13-9-28(26-40)10-14-30)45-38(42)8-6-5-7-25-44-35-23-21-33(22-24-35)31-15-11-29(27-41)12-16-31/h3-4,9-24,36-37H,1-2,5-8,25H2. The largest absolute Gasteiger partial charge is 0.494 e. The number of rotatable bonds is 15. The van der Waals surface area contributed by atoms with Crippen LogP contribution in [0.1, 0.15) is 47.2 Å². The third kappa shape index (κ3) is 9.29. The van der Waals surface area contributed by atoms with Crippen LogP contribution in [0.15, 0.2) is 122 Å². The number of nitrogens with zero attached hydrogens (tertiary/aromatic N) is 2. The molecule has 0 saturated heterocycles. The molecule has 4 aromatic rings. The van der Waals surface area contributed by atoms with Crippen LogP contribution < -0.4 is 4.74 Å². The number of nitriles is 2. The van der Waals surface area contributed by atoms with Crippen LogP contribution in [-0.4, -0.2) is 30.8 Å². The van der Waals surface area contributed by atoms with Crippen molar-refractivity contribution in [3.05, 3.63) is 139 Å². The van der Waals surface area contributed by atoms with Gasteiger partial charge in [0.15, 0.2) is 12.2 Å². The van der Waals surface area contributed by atoms with Crippen molar-refractivity contribution in [1.82, 2.24) is 0 Å². The van der Waals surface area contributed by atoms with Crippen LogP contribution >= 0.6 is 0 Å². The highest BCUT2D eigenvalue weighted by molar-refractivity contribution is 5.90. The second kappa shape index (κ2) is 16.8. The van der Waals surface area contributed by atoms with E-state index in [4.69, 9.17) is 24.7 Å². The van der Waals surface area contributed by atoms with E-state index in [9.17, 15) is 9.59 Å². The highest BCUT2D eigenvalue weighted by Crippen LogP contribution is 2.24. The van der Waals surface area contributed by atoms with Gasteiger partial charge in [-0.05, 0) is 102 Å². The third-order valence-corrected chi connectivity index (χ3v) is 7.26. The molecule has 0 fully saturated rings. The first kappa shape index (κ1) is 33.0.